The molecule has 1 rings (SSSR count). The maximum absolute atomic E-state index is 8.44. The summed E-state index contributed by atoms with van der Waals surface area (Å²) in [5.74, 6) is 0. The molecule has 0 aliphatic heterocycles. The highest BCUT2D eigenvalue weighted by Crippen LogP contribution is 2.02. The van der Waals surface area contributed by atoms with Crippen molar-refractivity contribution in [3.63, 3.8) is 0 Å². The Balaban J connectivity index is 3.03. The third-order valence-electron chi connectivity index (χ3n) is 1.28. The Bertz CT molecular complexity index is 308. The fraction of sp³-hybridized carbons (Fsp3) is 0. The first-order valence-corrected chi connectivity index (χ1v) is 3.41. The van der Waals surface area contributed by atoms with Crippen LogP contribution in [0.3, 0.4) is 0 Å². The van der Waals surface area contributed by atoms with E-state index in [1.807, 2.05) is 6.07 Å². The summed E-state index contributed by atoms with van der Waals surface area (Å²) >= 11 is 4.63. The van der Waals surface area contributed by atoms with Crippen LogP contribution in [0.5, 0.6) is 0 Å². The van der Waals surface area contributed by atoms with Crippen LogP contribution in [-0.4, -0.2) is 4.99 Å². The standard InChI is InChI=1S/C8H5N2S/c9-5-6-1-3-7(4-2-6)8(10)11/h1-4,10H. The first kappa shape index (κ1) is 7.70. The fourth-order valence-electron chi connectivity index (χ4n) is 0.696. The lowest BCUT2D eigenvalue weighted by Crippen LogP contribution is -1.95. The minimum absolute atomic E-state index is 0.106. The van der Waals surface area contributed by atoms with Gasteiger partial charge >= 0.3 is 0 Å². The molecule has 0 aromatic heterocycles. The second kappa shape index (κ2) is 3.13. The van der Waals surface area contributed by atoms with E-state index in [9.17, 15) is 0 Å². The Kier molecular flexibility index (Phi) is 2.19. The summed E-state index contributed by atoms with van der Waals surface area (Å²) < 4.78 is 0. The molecule has 0 atom stereocenters. The summed E-state index contributed by atoms with van der Waals surface area (Å²) in [6.45, 7) is 0. The summed E-state index contributed by atoms with van der Waals surface area (Å²) in [4.78, 5) is 0.106. The number of nitriles is 1. The predicted molar refractivity (Wildman–Crippen MR) is 46.0 cm³/mol. The van der Waals surface area contributed by atoms with Gasteiger partial charge in [0.2, 0.25) is 0 Å². The summed E-state index contributed by atoms with van der Waals surface area (Å²) in [6, 6.07) is 8.64. The van der Waals surface area contributed by atoms with Crippen LogP contribution in [-0.2, 0) is 0 Å². The highest BCUT2D eigenvalue weighted by Gasteiger charge is 1.95. The van der Waals surface area contributed by atoms with E-state index in [1.165, 1.54) is 0 Å². The van der Waals surface area contributed by atoms with Gasteiger partial charge in [-0.3, -0.25) is 5.73 Å². The van der Waals surface area contributed by atoms with Gasteiger partial charge in [-0.25, -0.2) is 0 Å². The van der Waals surface area contributed by atoms with Crippen molar-refractivity contribution < 1.29 is 0 Å². The third kappa shape index (κ3) is 1.76. The van der Waals surface area contributed by atoms with Gasteiger partial charge in [-0.15, -0.1) is 0 Å². The lowest BCUT2D eigenvalue weighted by molar-refractivity contribution is 1.48. The molecule has 1 radical (unpaired) electrons. The second-order valence-electron chi connectivity index (χ2n) is 2.02. The molecule has 0 aliphatic rings. The molecule has 1 aromatic carbocycles. The minimum atomic E-state index is 0.106. The lowest BCUT2D eigenvalue weighted by Gasteiger charge is -1.94. The van der Waals surface area contributed by atoms with Crippen LogP contribution in [0, 0.1) is 11.3 Å². The molecule has 2 nitrogen and oxygen atoms in total. The maximum Gasteiger partial charge on any atom is 0.125 e. The number of rotatable bonds is 1. The van der Waals surface area contributed by atoms with Crippen LogP contribution < -0.4 is 5.73 Å². The molecule has 0 saturated heterocycles. The summed E-state index contributed by atoms with van der Waals surface area (Å²) in [5, 5.41) is 8.44. The van der Waals surface area contributed by atoms with Gasteiger partial charge in [0.05, 0.1) is 11.6 Å². The quantitative estimate of drug-likeness (QED) is 0.586. The number of hydrogen-bond acceptors (Lipinski definition) is 2. The highest BCUT2D eigenvalue weighted by molar-refractivity contribution is 7.80. The molecule has 0 fully saturated rings. The molecular weight excluding hydrogens is 156 g/mol. The summed E-state index contributed by atoms with van der Waals surface area (Å²) in [6.07, 6.45) is 0. The van der Waals surface area contributed by atoms with Crippen LogP contribution in [0.15, 0.2) is 24.3 Å². The van der Waals surface area contributed by atoms with Crippen LogP contribution in [0.1, 0.15) is 11.1 Å². The van der Waals surface area contributed by atoms with Gasteiger partial charge in [-0.1, -0.05) is 24.4 Å². The molecule has 0 spiro atoms. The van der Waals surface area contributed by atoms with Crippen molar-refractivity contribution in [2.24, 2.45) is 0 Å². The van der Waals surface area contributed by atoms with Gasteiger partial charge in [0.25, 0.3) is 0 Å². The molecular formula is C8H5N2S. The molecule has 3 heteroatoms. The van der Waals surface area contributed by atoms with Gasteiger partial charge in [0.1, 0.15) is 4.99 Å². The average molecular weight is 161 g/mol. The van der Waals surface area contributed by atoms with Crippen molar-refractivity contribution in [1.29, 1.82) is 5.26 Å². The first-order chi connectivity index (χ1) is 5.24. The lowest BCUT2D eigenvalue weighted by atomic mass is 10.1. The molecule has 11 heavy (non-hydrogen) atoms. The normalized spacial score (nSPS) is 8.64. The van der Waals surface area contributed by atoms with Gasteiger partial charge in [0, 0.05) is 5.56 Å². The zero-order valence-corrected chi connectivity index (χ0v) is 6.48. The van der Waals surface area contributed by atoms with Crippen molar-refractivity contribution in [2.45, 2.75) is 0 Å². The SMILES string of the molecule is N#Cc1ccc(C([NH])=S)cc1. The maximum atomic E-state index is 8.44. The molecule has 0 amide bonds. The molecule has 0 saturated carbocycles. The Labute approximate surface area is 70.3 Å². The molecule has 1 aromatic rings. The highest BCUT2D eigenvalue weighted by atomic mass is 32.1. The van der Waals surface area contributed by atoms with Crippen molar-refractivity contribution in [3.8, 4) is 6.07 Å². The van der Waals surface area contributed by atoms with Gasteiger partial charge in [0.15, 0.2) is 0 Å². The van der Waals surface area contributed by atoms with E-state index in [4.69, 9.17) is 11.0 Å². The van der Waals surface area contributed by atoms with Gasteiger partial charge in [-0.05, 0) is 12.1 Å². The van der Waals surface area contributed by atoms with Crippen LogP contribution in [0.2, 0.25) is 0 Å². The summed E-state index contributed by atoms with van der Waals surface area (Å²) in [5.41, 5.74) is 8.36. The van der Waals surface area contributed by atoms with E-state index in [-0.39, 0.29) is 4.99 Å². The summed E-state index contributed by atoms with van der Waals surface area (Å²) in [7, 11) is 0. The smallest absolute Gasteiger partial charge is 0.125 e. The Morgan fingerprint density at radius 3 is 2.27 bits per heavy atom. The van der Waals surface area contributed by atoms with Crippen molar-refractivity contribution in [3.05, 3.63) is 35.4 Å². The van der Waals surface area contributed by atoms with Crippen molar-refractivity contribution in [1.82, 2.24) is 5.73 Å². The van der Waals surface area contributed by atoms with Crippen LogP contribution >= 0.6 is 12.2 Å². The molecule has 1 N–H and O–H groups in total. The second-order valence-corrected chi connectivity index (χ2v) is 2.43. The van der Waals surface area contributed by atoms with Crippen molar-refractivity contribution >= 4 is 17.2 Å². The third-order valence-corrected chi connectivity index (χ3v) is 1.51. The van der Waals surface area contributed by atoms with E-state index >= 15 is 0 Å². The molecule has 0 aliphatic carbocycles. The van der Waals surface area contributed by atoms with E-state index in [2.05, 4.69) is 12.2 Å². The largest absolute Gasteiger partial charge is 0.289 e. The van der Waals surface area contributed by atoms with E-state index in [1.54, 1.807) is 24.3 Å². The van der Waals surface area contributed by atoms with Crippen LogP contribution in [0.4, 0.5) is 0 Å². The molecule has 0 bridgehead atoms. The molecule has 0 heterocycles. The Hall–Kier alpha value is -1.40. The number of thiocarbonyl (C=S) groups is 1. The zero-order valence-electron chi connectivity index (χ0n) is 5.66. The number of hydrogen-bond donors (Lipinski definition) is 0. The average Bonchev–Trinajstić information content (AvgIpc) is 2.05. The topological polar surface area (TPSA) is 47.6 Å². The fourth-order valence-corrected chi connectivity index (χ4v) is 0.832. The van der Waals surface area contributed by atoms with Crippen LogP contribution in [0.25, 0.3) is 0 Å². The first-order valence-electron chi connectivity index (χ1n) is 3.00. The van der Waals surface area contributed by atoms with Gasteiger partial charge in [-0.2, -0.15) is 5.26 Å². The predicted octanol–water partition coefficient (Wildman–Crippen LogP) is 1.52. The molecule has 53 valence electrons. The van der Waals surface area contributed by atoms with E-state index in [0.29, 0.717) is 11.1 Å². The monoisotopic (exact) mass is 161 g/mol. The van der Waals surface area contributed by atoms with E-state index in [0.717, 1.165) is 0 Å². The Morgan fingerprint density at radius 1 is 1.36 bits per heavy atom. The zero-order chi connectivity index (χ0) is 8.27. The minimum Gasteiger partial charge on any atom is -0.289 e. The Morgan fingerprint density at radius 2 is 1.91 bits per heavy atom. The van der Waals surface area contributed by atoms with E-state index < -0.39 is 0 Å². The van der Waals surface area contributed by atoms with Gasteiger partial charge < -0.3 is 0 Å². The van der Waals surface area contributed by atoms with Crippen molar-refractivity contribution in [2.75, 3.05) is 0 Å². The number of nitrogens with zero attached hydrogens (tertiary/aromatic N) is 1. The number of nitrogens with one attached hydrogen (secondary N) is 1. The molecule has 0 unspecified atom stereocenters. The number of benzene rings is 1.